The molecule has 1 aliphatic heterocycles. The van der Waals surface area contributed by atoms with Gasteiger partial charge in [0.2, 0.25) is 0 Å². The van der Waals surface area contributed by atoms with Crippen molar-refractivity contribution in [1.29, 1.82) is 0 Å². The summed E-state index contributed by atoms with van der Waals surface area (Å²) in [7, 11) is 0. The Bertz CT molecular complexity index is 406. The number of ether oxygens (including phenoxy) is 1. The van der Waals surface area contributed by atoms with E-state index in [0.29, 0.717) is 11.7 Å². The highest BCUT2D eigenvalue weighted by Crippen LogP contribution is 2.22. The van der Waals surface area contributed by atoms with Crippen LogP contribution in [-0.2, 0) is 24.0 Å². The van der Waals surface area contributed by atoms with Crippen LogP contribution < -0.4 is 0 Å². The van der Waals surface area contributed by atoms with Crippen molar-refractivity contribution in [3.8, 4) is 0 Å². The molecule has 0 saturated carbocycles. The van der Waals surface area contributed by atoms with Gasteiger partial charge in [0.05, 0.1) is 12.0 Å². The monoisotopic (exact) mass is 299 g/mol. The molecule has 0 spiro atoms. The van der Waals surface area contributed by atoms with E-state index in [4.69, 9.17) is 9.57 Å². The summed E-state index contributed by atoms with van der Waals surface area (Å²) in [6, 6.07) is 0. The summed E-state index contributed by atoms with van der Waals surface area (Å²) in [5.74, 6) is -1.58. The first-order chi connectivity index (χ1) is 9.50. The number of nitrogens with zero attached hydrogens (tertiary/aromatic N) is 1. The lowest BCUT2D eigenvalue weighted by atomic mass is 9.93. The van der Waals surface area contributed by atoms with Gasteiger partial charge in [-0.15, -0.1) is 5.06 Å². The Morgan fingerprint density at radius 2 is 1.62 bits per heavy atom. The van der Waals surface area contributed by atoms with Crippen molar-refractivity contribution in [2.24, 2.45) is 5.41 Å². The van der Waals surface area contributed by atoms with Gasteiger partial charge in [0.1, 0.15) is 0 Å². The molecule has 0 bridgehead atoms. The zero-order valence-electron chi connectivity index (χ0n) is 13.5. The van der Waals surface area contributed by atoms with E-state index < -0.39 is 23.4 Å². The van der Waals surface area contributed by atoms with Gasteiger partial charge < -0.3 is 9.57 Å². The van der Waals surface area contributed by atoms with Gasteiger partial charge in [-0.1, -0.05) is 20.8 Å². The maximum Gasteiger partial charge on any atom is 0.336 e. The molecule has 0 unspecified atom stereocenters. The van der Waals surface area contributed by atoms with Crippen molar-refractivity contribution in [2.75, 3.05) is 6.61 Å². The zero-order chi connectivity index (χ0) is 16.3. The number of rotatable bonds is 6. The predicted octanol–water partition coefficient (Wildman–Crippen LogP) is 2.22. The van der Waals surface area contributed by atoms with E-state index >= 15 is 0 Å². The molecule has 1 aliphatic rings. The summed E-state index contributed by atoms with van der Waals surface area (Å²) >= 11 is 0. The normalized spacial score (nSPS) is 16.5. The van der Waals surface area contributed by atoms with Crippen LogP contribution in [0.5, 0.6) is 0 Å². The summed E-state index contributed by atoms with van der Waals surface area (Å²) in [6.45, 7) is 10.4. The summed E-state index contributed by atoms with van der Waals surface area (Å²) in [4.78, 5) is 39.4. The smallest absolute Gasteiger partial charge is 0.336 e. The van der Waals surface area contributed by atoms with Gasteiger partial charge in [-0.05, 0) is 25.7 Å². The fraction of sp³-hybridized carbons (Fsp3) is 0.800. The molecular formula is C15H25NO5. The van der Waals surface area contributed by atoms with Crippen molar-refractivity contribution in [2.45, 2.75) is 65.9 Å². The van der Waals surface area contributed by atoms with Crippen molar-refractivity contribution in [1.82, 2.24) is 5.06 Å². The zero-order valence-corrected chi connectivity index (χ0v) is 13.5. The van der Waals surface area contributed by atoms with Gasteiger partial charge in [0.25, 0.3) is 11.8 Å². The number of hydroxylamine groups is 2. The second-order valence-electron chi connectivity index (χ2n) is 7.14. The van der Waals surface area contributed by atoms with E-state index in [-0.39, 0.29) is 24.7 Å². The number of carbonyl (C=O) groups is 3. The standard InChI is InChI=1S/C15H25NO5/c1-14(2,3)8-9-20-15(4,5)10-13(19)21-16-11(17)6-7-12(16)18/h6-10H2,1-5H3. The molecule has 21 heavy (non-hydrogen) atoms. The average molecular weight is 299 g/mol. The van der Waals surface area contributed by atoms with E-state index in [1.54, 1.807) is 13.8 Å². The van der Waals surface area contributed by atoms with Crippen molar-refractivity contribution < 1.29 is 24.0 Å². The number of amides is 2. The average Bonchev–Trinajstić information content (AvgIpc) is 2.57. The highest BCUT2D eigenvalue weighted by Gasteiger charge is 2.34. The number of imide groups is 1. The molecule has 1 saturated heterocycles. The van der Waals surface area contributed by atoms with E-state index in [0.717, 1.165) is 6.42 Å². The third-order valence-electron chi connectivity index (χ3n) is 3.11. The molecule has 2 amide bonds. The Morgan fingerprint density at radius 3 is 2.10 bits per heavy atom. The topological polar surface area (TPSA) is 72.9 Å². The quantitative estimate of drug-likeness (QED) is 0.703. The first kappa shape index (κ1) is 17.6. The summed E-state index contributed by atoms with van der Waals surface area (Å²) in [5, 5.41) is 0.563. The predicted molar refractivity (Wildman–Crippen MR) is 75.9 cm³/mol. The van der Waals surface area contributed by atoms with Crippen LogP contribution in [0.3, 0.4) is 0 Å². The van der Waals surface area contributed by atoms with Crippen LogP contribution in [0.25, 0.3) is 0 Å². The highest BCUT2D eigenvalue weighted by atomic mass is 16.7. The molecule has 6 heteroatoms. The lowest BCUT2D eigenvalue weighted by molar-refractivity contribution is -0.201. The van der Waals surface area contributed by atoms with Crippen LogP contribution in [0.15, 0.2) is 0 Å². The molecule has 6 nitrogen and oxygen atoms in total. The van der Waals surface area contributed by atoms with Crippen LogP contribution in [0.4, 0.5) is 0 Å². The lowest BCUT2D eigenvalue weighted by Gasteiger charge is -2.27. The minimum atomic E-state index is -0.700. The van der Waals surface area contributed by atoms with Crippen LogP contribution in [0, 0.1) is 5.41 Å². The molecule has 0 aliphatic carbocycles. The van der Waals surface area contributed by atoms with Crippen molar-refractivity contribution >= 4 is 17.8 Å². The fourth-order valence-corrected chi connectivity index (χ4v) is 1.82. The lowest BCUT2D eigenvalue weighted by Crippen LogP contribution is -2.36. The summed E-state index contributed by atoms with van der Waals surface area (Å²) in [6.07, 6.45) is 1.04. The first-order valence-corrected chi connectivity index (χ1v) is 7.21. The maximum absolute atomic E-state index is 11.8. The molecule has 1 fully saturated rings. The van der Waals surface area contributed by atoms with Crippen molar-refractivity contribution in [3.63, 3.8) is 0 Å². The van der Waals surface area contributed by atoms with Gasteiger partial charge in [-0.2, -0.15) is 0 Å². The fourth-order valence-electron chi connectivity index (χ4n) is 1.82. The highest BCUT2D eigenvalue weighted by molar-refractivity contribution is 6.01. The minimum absolute atomic E-state index is 0.0196. The Kier molecular flexibility index (Phi) is 5.50. The number of hydrogen-bond donors (Lipinski definition) is 0. The molecule has 0 atom stereocenters. The molecule has 0 aromatic rings. The molecule has 0 aromatic carbocycles. The Hall–Kier alpha value is -1.43. The first-order valence-electron chi connectivity index (χ1n) is 7.21. The SMILES string of the molecule is CC(C)(C)CCOC(C)(C)CC(=O)ON1C(=O)CCC1=O. The van der Waals surface area contributed by atoms with E-state index in [9.17, 15) is 14.4 Å². The maximum atomic E-state index is 11.8. The number of carbonyl (C=O) groups excluding carboxylic acids is 3. The second-order valence-corrected chi connectivity index (χ2v) is 7.14. The van der Waals surface area contributed by atoms with Gasteiger partial charge in [-0.3, -0.25) is 9.59 Å². The van der Waals surface area contributed by atoms with E-state index in [1.807, 2.05) is 0 Å². The third-order valence-corrected chi connectivity index (χ3v) is 3.11. The Labute approximate surface area is 125 Å². The van der Waals surface area contributed by atoms with Crippen LogP contribution in [0.2, 0.25) is 0 Å². The van der Waals surface area contributed by atoms with Gasteiger partial charge in [0, 0.05) is 19.4 Å². The van der Waals surface area contributed by atoms with Crippen molar-refractivity contribution in [3.05, 3.63) is 0 Å². The molecule has 0 N–H and O–H groups in total. The van der Waals surface area contributed by atoms with E-state index in [2.05, 4.69) is 20.8 Å². The molecule has 1 rings (SSSR count). The van der Waals surface area contributed by atoms with Crippen LogP contribution in [0.1, 0.15) is 60.3 Å². The molecule has 0 aromatic heterocycles. The van der Waals surface area contributed by atoms with Crippen LogP contribution in [-0.4, -0.2) is 35.1 Å². The third kappa shape index (κ3) is 6.25. The molecule has 0 radical (unpaired) electrons. The van der Waals surface area contributed by atoms with Crippen LogP contribution >= 0.6 is 0 Å². The Morgan fingerprint density at radius 1 is 1.10 bits per heavy atom. The van der Waals surface area contributed by atoms with Gasteiger partial charge >= 0.3 is 5.97 Å². The Balaban J connectivity index is 2.41. The summed E-state index contributed by atoms with van der Waals surface area (Å²) < 4.78 is 5.71. The summed E-state index contributed by atoms with van der Waals surface area (Å²) in [5.41, 5.74) is -0.543. The largest absolute Gasteiger partial charge is 0.375 e. The molecule has 120 valence electrons. The van der Waals surface area contributed by atoms with Gasteiger partial charge in [0.15, 0.2) is 0 Å². The second kappa shape index (κ2) is 6.56. The van der Waals surface area contributed by atoms with Gasteiger partial charge in [-0.25, -0.2) is 4.79 Å². The molecule has 1 heterocycles. The van der Waals surface area contributed by atoms with E-state index in [1.165, 1.54) is 0 Å². The minimum Gasteiger partial charge on any atom is -0.375 e. The molecular weight excluding hydrogens is 274 g/mol. The number of hydrogen-bond acceptors (Lipinski definition) is 5.